The standard InChI is InChI=1S/C63H114O6/c1-4-7-10-13-16-19-22-25-27-29-30-31-32-34-35-38-41-44-47-50-53-56-62(65)68-59-60(58-67-61(64)55-52-49-46-43-40-37-24-21-18-15-12-9-6-3)69-63(66)57-54-51-48-45-42-39-36-33-28-26-23-20-17-14-11-8-5-2/h21-22,24-25,29-30,32,34,60H,4-20,23,26-28,31,33,35-59H2,1-3H3/b24-21-,25-22-,30-29-,34-32-. The molecule has 0 fully saturated rings. The van der Waals surface area contributed by atoms with E-state index >= 15 is 0 Å². The molecule has 0 N–H and O–H groups in total. The fourth-order valence-electron chi connectivity index (χ4n) is 8.74. The molecule has 0 spiro atoms. The highest BCUT2D eigenvalue weighted by molar-refractivity contribution is 5.71. The van der Waals surface area contributed by atoms with E-state index < -0.39 is 6.10 Å². The second-order valence-corrected chi connectivity index (χ2v) is 20.3. The Morgan fingerprint density at radius 2 is 0.522 bits per heavy atom. The average molecular weight is 968 g/mol. The van der Waals surface area contributed by atoms with E-state index in [1.807, 2.05) is 0 Å². The second-order valence-electron chi connectivity index (χ2n) is 20.3. The quantitative estimate of drug-likeness (QED) is 0.0262. The van der Waals surface area contributed by atoms with Gasteiger partial charge in [0.1, 0.15) is 13.2 Å². The van der Waals surface area contributed by atoms with E-state index in [2.05, 4.69) is 69.4 Å². The van der Waals surface area contributed by atoms with Crippen LogP contribution in [0.25, 0.3) is 0 Å². The predicted octanol–water partition coefficient (Wildman–Crippen LogP) is 20.2. The molecule has 0 aromatic carbocycles. The van der Waals surface area contributed by atoms with Crippen LogP contribution in [0.5, 0.6) is 0 Å². The first-order valence-corrected chi connectivity index (χ1v) is 30.1. The summed E-state index contributed by atoms with van der Waals surface area (Å²) in [4.78, 5) is 38.2. The smallest absolute Gasteiger partial charge is 0.306 e. The van der Waals surface area contributed by atoms with E-state index in [1.54, 1.807) is 0 Å². The second kappa shape index (κ2) is 57.9. The maximum atomic E-state index is 12.9. The summed E-state index contributed by atoms with van der Waals surface area (Å²) in [5.74, 6) is -0.882. The minimum absolute atomic E-state index is 0.0788. The van der Waals surface area contributed by atoms with E-state index in [9.17, 15) is 14.4 Å². The number of ether oxygens (including phenoxy) is 3. The fraction of sp³-hybridized carbons (Fsp3) is 0.825. The lowest BCUT2D eigenvalue weighted by Gasteiger charge is -2.18. The Morgan fingerprint density at radius 3 is 0.841 bits per heavy atom. The van der Waals surface area contributed by atoms with E-state index in [1.165, 1.54) is 193 Å². The summed E-state index contributed by atoms with van der Waals surface area (Å²) in [5.41, 5.74) is 0. The van der Waals surface area contributed by atoms with Crippen molar-refractivity contribution in [2.75, 3.05) is 13.2 Å². The molecule has 6 nitrogen and oxygen atoms in total. The number of esters is 3. The molecule has 0 aromatic rings. The van der Waals surface area contributed by atoms with Gasteiger partial charge < -0.3 is 14.2 Å². The molecule has 0 aliphatic carbocycles. The topological polar surface area (TPSA) is 78.9 Å². The summed E-state index contributed by atoms with van der Waals surface area (Å²) in [6.07, 6.45) is 71.0. The van der Waals surface area contributed by atoms with Crippen LogP contribution >= 0.6 is 0 Å². The zero-order valence-corrected chi connectivity index (χ0v) is 46.1. The Labute approximate surface area is 428 Å². The van der Waals surface area contributed by atoms with Gasteiger partial charge in [-0.3, -0.25) is 14.4 Å². The molecule has 0 saturated heterocycles. The number of unbranched alkanes of at least 4 members (excludes halogenated alkanes) is 36. The summed E-state index contributed by atoms with van der Waals surface area (Å²) >= 11 is 0. The number of carbonyl (C=O) groups excluding carboxylic acids is 3. The number of rotatable bonds is 55. The first kappa shape index (κ1) is 66.4. The van der Waals surface area contributed by atoms with Crippen LogP contribution in [-0.4, -0.2) is 37.2 Å². The van der Waals surface area contributed by atoms with Crippen molar-refractivity contribution >= 4 is 17.9 Å². The Hall–Kier alpha value is -2.63. The van der Waals surface area contributed by atoms with Crippen molar-refractivity contribution in [3.63, 3.8) is 0 Å². The monoisotopic (exact) mass is 967 g/mol. The number of hydrogen-bond acceptors (Lipinski definition) is 6. The van der Waals surface area contributed by atoms with Gasteiger partial charge in [-0.05, 0) is 83.5 Å². The third-order valence-corrected chi connectivity index (χ3v) is 13.3. The van der Waals surface area contributed by atoms with Gasteiger partial charge in [0, 0.05) is 19.3 Å². The van der Waals surface area contributed by atoms with Gasteiger partial charge in [0.2, 0.25) is 0 Å². The lowest BCUT2D eigenvalue weighted by atomic mass is 10.0. The van der Waals surface area contributed by atoms with Crippen molar-refractivity contribution in [2.24, 2.45) is 0 Å². The van der Waals surface area contributed by atoms with Crippen molar-refractivity contribution in [2.45, 2.75) is 322 Å². The zero-order chi connectivity index (χ0) is 50.0. The minimum Gasteiger partial charge on any atom is -0.462 e. The van der Waals surface area contributed by atoms with Crippen LogP contribution in [0.15, 0.2) is 48.6 Å². The predicted molar refractivity (Wildman–Crippen MR) is 298 cm³/mol. The highest BCUT2D eigenvalue weighted by atomic mass is 16.6. The largest absolute Gasteiger partial charge is 0.462 e. The molecule has 0 saturated carbocycles. The molecule has 0 aromatic heterocycles. The van der Waals surface area contributed by atoms with Gasteiger partial charge in [-0.15, -0.1) is 0 Å². The molecule has 0 aliphatic heterocycles. The van der Waals surface area contributed by atoms with E-state index in [0.29, 0.717) is 19.3 Å². The van der Waals surface area contributed by atoms with Crippen molar-refractivity contribution in [3.05, 3.63) is 48.6 Å². The van der Waals surface area contributed by atoms with Crippen LogP contribution in [0.1, 0.15) is 316 Å². The molecular weight excluding hydrogens is 853 g/mol. The van der Waals surface area contributed by atoms with Gasteiger partial charge in [0.25, 0.3) is 0 Å². The number of allylic oxidation sites excluding steroid dienone is 8. The maximum Gasteiger partial charge on any atom is 0.306 e. The highest BCUT2D eigenvalue weighted by Gasteiger charge is 2.19. The lowest BCUT2D eigenvalue weighted by Crippen LogP contribution is -2.30. The molecule has 69 heavy (non-hydrogen) atoms. The van der Waals surface area contributed by atoms with Crippen molar-refractivity contribution in [1.29, 1.82) is 0 Å². The Bertz CT molecular complexity index is 1200. The minimum atomic E-state index is -0.780. The van der Waals surface area contributed by atoms with Crippen LogP contribution in [0.2, 0.25) is 0 Å². The molecule has 0 aliphatic rings. The van der Waals surface area contributed by atoms with Gasteiger partial charge in [-0.25, -0.2) is 0 Å². The maximum absolute atomic E-state index is 12.9. The molecule has 0 heterocycles. The molecule has 0 bridgehead atoms. The van der Waals surface area contributed by atoms with E-state index in [-0.39, 0.29) is 31.1 Å². The van der Waals surface area contributed by atoms with E-state index in [0.717, 1.165) is 83.5 Å². The molecular formula is C63H114O6. The number of carbonyl (C=O) groups is 3. The molecule has 1 atom stereocenters. The van der Waals surface area contributed by atoms with Gasteiger partial charge >= 0.3 is 17.9 Å². The Balaban J connectivity index is 4.35. The summed E-state index contributed by atoms with van der Waals surface area (Å²) in [6.45, 7) is 6.64. The van der Waals surface area contributed by atoms with Gasteiger partial charge in [-0.1, -0.05) is 262 Å². The normalized spacial score (nSPS) is 12.3. The number of hydrogen-bond donors (Lipinski definition) is 0. The third-order valence-electron chi connectivity index (χ3n) is 13.3. The molecule has 0 amide bonds. The molecule has 1 unspecified atom stereocenters. The van der Waals surface area contributed by atoms with Crippen molar-refractivity contribution in [3.8, 4) is 0 Å². The fourth-order valence-corrected chi connectivity index (χ4v) is 8.74. The van der Waals surface area contributed by atoms with Crippen LogP contribution in [0.4, 0.5) is 0 Å². The van der Waals surface area contributed by atoms with Crippen molar-refractivity contribution in [1.82, 2.24) is 0 Å². The lowest BCUT2D eigenvalue weighted by molar-refractivity contribution is -0.167. The summed E-state index contributed by atoms with van der Waals surface area (Å²) in [5, 5.41) is 0. The van der Waals surface area contributed by atoms with Crippen LogP contribution in [0.3, 0.4) is 0 Å². The Kier molecular flexibility index (Phi) is 55.7. The summed E-state index contributed by atoms with van der Waals surface area (Å²) < 4.78 is 16.9. The first-order valence-electron chi connectivity index (χ1n) is 30.1. The van der Waals surface area contributed by atoms with Gasteiger partial charge in [0.05, 0.1) is 0 Å². The van der Waals surface area contributed by atoms with Crippen LogP contribution in [-0.2, 0) is 28.6 Å². The highest BCUT2D eigenvalue weighted by Crippen LogP contribution is 2.16. The SMILES string of the molecule is CCCCCC/C=C\CCCCCCCC(=O)OCC(COC(=O)CCCCCCCC/C=C\C/C=C\C/C=C\CCCCCCC)OC(=O)CCCCCCCCCCCCCCCCCCC. The van der Waals surface area contributed by atoms with Crippen molar-refractivity contribution < 1.29 is 28.6 Å². The molecule has 402 valence electrons. The summed E-state index contributed by atoms with van der Waals surface area (Å²) in [6, 6.07) is 0. The Morgan fingerprint density at radius 1 is 0.290 bits per heavy atom. The zero-order valence-electron chi connectivity index (χ0n) is 46.1. The first-order chi connectivity index (χ1) is 34.0. The van der Waals surface area contributed by atoms with Gasteiger partial charge in [0.15, 0.2) is 6.10 Å². The third kappa shape index (κ3) is 56.2. The molecule has 0 radical (unpaired) electrons. The van der Waals surface area contributed by atoms with E-state index in [4.69, 9.17) is 14.2 Å². The molecule has 0 rings (SSSR count). The van der Waals surface area contributed by atoms with Crippen LogP contribution in [0, 0.1) is 0 Å². The summed E-state index contributed by atoms with van der Waals surface area (Å²) in [7, 11) is 0. The average Bonchev–Trinajstić information content (AvgIpc) is 3.35. The van der Waals surface area contributed by atoms with Crippen LogP contribution < -0.4 is 0 Å². The molecule has 6 heteroatoms. The van der Waals surface area contributed by atoms with Gasteiger partial charge in [-0.2, -0.15) is 0 Å².